The maximum absolute atomic E-state index is 6.23. The van der Waals surface area contributed by atoms with Crippen molar-refractivity contribution < 1.29 is 0 Å². The van der Waals surface area contributed by atoms with Crippen LogP contribution in [-0.4, -0.2) is 35.1 Å². The normalized spacial score (nSPS) is 14.5. The van der Waals surface area contributed by atoms with Crippen molar-refractivity contribution in [2.24, 2.45) is 17.1 Å². The smallest absolute Gasteiger partial charge is 0.0948 e. The molecule has 1 unspecified atom stereocenters. The fraction of sp³-hybridized carbons (Fsp3) is 0.786. The predicted molar refractivity (Wildman–Crippen MR) is 76.3 cm³/mol. The van der Waals surface area contributed by atoms with E-state index in [1.165, 1.54) is 0 Å². The van der Waals surface area contributed by atoms with Gasteiger partial charge in [-0.2, -0.15) is 0 Å². The van der Waals surface area contributed by atoms with Crippen LogP contribution in [0.3, 0.4) is 0 Å². The van der Waals surface area contributed by atoms with Gasteiger partial charge >= 0.3 is 0 Å². The first-order valence-electron chi connectivity index (χ1n) is 6.63. The third-order valence-electron chi connectivity index (χ3n) is 3.15. The minimum absolute atomic E-state index is 0.0580. The van der Waals surface area contributed by atoms with Gasteiger partial charge in [-0.25, -0.2) is 4.98 Å². The zero-order valence-electron chi connectivity index (χ0n) is 12.6. The quantitative estimate of drug-likeness (QED) is 0.843. The molecule has 0 saturated heterocycles. The summed E-state index contributed by atoms with van der Waals surface area (Å²) in [7, 11) is 4.22. The molecule has 4 nitrogen and oxygen atoms in total. The lowest BCUT2D eigenvalue weighted by Gasteiger charge is -2.30. The number of hydrogen-bond acceptors (Lipinski definition) is 3. The van der Waals surface area contributed by atoms with Crippen molar-refractivity contribution in [3.63, 3.8) is 0 Å². The second-order valence-corrected chi connectivity index (χ2v) is 6.62. The maximum Gasteiger partial charge on any atom is 0.0948 e. The first-order chi connectivity index (χ1) is 8.23. The van der Waals surface area contributed by atoms with E-state index in [-0.39, 0.29) is 11.5 Å². The van der Waals surface area contributed by atoms with Crippen LogP contribution in [0.5, 0.6) is 0 Å². The predicted octanol–water partition coefficient (Wildman–Crippen LogP) is 2.13. The molecule has 1 atom stereocenters. The molecule has 0 aliphatic heterocycles. The Bertz CT molecular complexity index is 366. The van der Waals surface area contributed by atoms with Crippen molar-refractivity contribution in [1.82, 2.24) is 14.5 Å². The van der Waals surface area contributed by atoms with E-state index >= 15 is 0 Å². The second-order valence-electron chi connectivity index (χ2n) is 6.62. The summed E-state index contributed by atoms with van der Waals surface area (Å²) in [6.07, 6.45) is 3.80. The van der Waals surface area contributed by atoms with Crippen LogP contribution in [0.1, 0.15) is 39.4 Å². The van der Waals surface area contributed by atoms with Crippen LogP contribution in [0.2, 0.25) is 0 Å². The van der Waals surface area contributed by atoms with Gasteiger partial charge in [0.1, 0.15) is 0 Å². The van der Waals surface area contributed by atoms with E-state index in [2.05, 4.69) is 56.2 Å². The zero-order valence-corrected chi connectivity index (χ0v) is 12.6. The topological polar surface area (TPSA) is 47.1 Å². The van der Waals surface area contributed by atoms with Gasteiger partial charge in [0.05, 0.1) is 12.0 Å². The monoisotopic (exact) mass is 252 g/mol. The Labute approximate surface area is 111 Å². The number of nitrogens with zero attached hydrogens (tertiary/aromatic N) is 3. The van der Waals surface area contributed by atoms with Crippen LogP contribution in [-0.2, 0) is 6.54 Å². The molecule has 0 saturated carbocycles. The van der Waals surface area contributed by atoms with E-state index in [0.29, 0.717) is 5.92 Å². The summed E-state index contributed by atoms with van der Waals surface area (Å²) in [5, 5.41) is 0. The van der Waals surface area contributed by atoms with E-state index in [9.17, 15) is 0 Å². The van der Waals surface area contributed by atoms with Crippen LogP contribution in [0.15, 0.2) is 12.5 Å². The molecule has 1 heterocycles. The van der Waals surface area contributed by atoms with Crippen LogP contribution in [0, 0.1) is 11.3 Å². The van der Waals surface area contributed by atoms with E-state index in [4.69, 9.17) is 5.73 Å². The molecule has 0 aliphatic carbocycles. The fourth-order valence-corrected chi connectivity index (χ4v) is 2.45. The van der Waals surface area contributed by atoms with E-state index < -0.39 is 0 Å². The molecule has 4 heteroatoms. The molecule has 2 N–H and O–H groups in total. The van der Waals surface area contributed by atoms with Crippen molar-refractivity contribution in [2.45, 2.75) is 40.3 Å². The highest BCUT2D eigenvalue weighted by atomic mass is 15.1. The highest BCUT2D eigenvalue weighted by Gasteiger charge is 2.23. The van der Waals surface area contributed by atoms with Gasteiger partial charge in [-0.05, 0) is 25.4 Å². The summed E-state index contributed by atoms with van der Waals surface area (Å²) in [6, 6.07) is 0.0580. The van der Waals surface area contributed by atoms with Gasteiger partial charge < -0.3 is 15.2 Å². The molecule has 0 radical (unpaired) electrons. The van der Waals surface area contributed by atoms with Crippen molar-refractivity contribution >= 4 is 0 Å². The standard InChI is InChI=1S/C14H28N4/c1-11(2)13(15)12-7-16-10-18(12)9-14(3,4)8-17(5)6/h7,10-11,13H,8-9,15H2,1-6H3. The summed E-state index contributed by atoms with van der Waals surface area (Å²) in [4.78, 5) is 6.48. The Balaban J connectivity index is 2.82. The van der Waals surface area contributed by atoms with Gasteiger partial charge in [0, 0.05) is 25.3 Å². The summed E-state index contributed by atoms with van der Waals surface area (Å²) in [6.45, 7) is 10.8. The molecule has 104 valence electrons. The summed E-state index contributed by atoms with van der Waals surface area (Å²) < 4.78 is 2.20. The van der Waals surface area contributed by atoms with E-state index in [0.717, 1.165) is 18.8 Å². The molecule has 1 aromatic rings. The van der Waals surface area contributed by atoms with E-state index in [1.54, 1.807) is 0 Å². The first-order valence-corrected chi connectivity index (χ1v) is 6.63. The largest absolute Gasteiger partial charge is 0.333 e. The number of rotatable bonds is 6. The van der Waals surface area contributed by atoms with Gasteiger partial charge in [-0.1, -0.05) is 27.7 Å². The molecule has 0 aromatic carbocycles. The zero-order chi connectivity index (χ0) is 13.9. The van der Waals surface area contributed by atoms with Crippen molar-refractivity contribution in [2.75, 3.05) is 20.6 Å². The van der Waals surface area contributed by atoms with E-state index in [1.807, 2.05) is 12.5 Å². The SMILES string of the molecule is CC(C)C(N)c1cncn1CC(C)(C)CN(C)C. The highest BCUT2D eigenvalue weighted by Crippen LogP contribution is 2.24. The first kappa shape index (κ1) is 15.2. The minimum atomic E-state index is 0.0580. The highest BCUT2D eigenvalue weighted by molar-refractivity contribution is 5.06. The van der Waals surface area contributed by atoms with Crippen LogP contribution >= 0.6 is 0 Å². The Kier molecular flexibility index (Phi) is 4.93. The van der Waals surface area contributed by atoms with Crippen molar-refractivity contribution in [3.05, 3.63) is 18.2 Å². The second kappa shape index (κ2) is 5.85. The summed E-state index contributed by atoms with van der Waals surface area (Å²) >= 11 is 0. The maximum atomic E-state index is 6.23. The molecular weight excluding hydrogens is 224 g/mol. The van der Waals surface area contributed by atoms with Crippen molar-refractivity contribution in [1.29, 1.82) is 0 Å². The Morgan fingerprint density at radius 1 is 1.39 bits per heavy atom. The van der Waals surface area contributed by atoms with Crippen LogP contribution in [0.25, 0.3) is 0 Å². The summed E-state index contributed by atoms with van der Waals surface area (Å²) in [5.41, 5.74) is 7.57. The summed E-state index contributed by atoms with van der Waals surface area (Å²) in [5.74, 6) is 0.428. The fourth-order valence-electron chi connectivity index (χ4n) is 2.45. The molecule has 0 bridgehead atoms. The number of aromatic nitrogens is 2. The third-order valence-corrected chi connectivity index (χ3v) is 3.15. The molecule has 1 rings (SSSR count). The third kappa shape index (κ3) is 4.10. The number of hydrogen-bond donors (Lipinski definition) is 1. The van der Waals surface area contributed by atoms with Gasteiger partial charge in [0.2, 0.25) is 0 Å². The Hall–Kier alpha value is -0.870. The lowest BCUT2D eigenvalue weighted by molar-refractivity contribution is 0.208. The molecule has 0 amide bonds. The van der Waals surface area contributed by atoms with Gasteiger partial charge in [-0.3, -0.25) is 0 Å². The molecule has 1 aromatic heterocycles. The van der Waals surface area contributed by atoms with Gasteiger partial charge in [-0.15, -0.1) is 0 Å². The molecule has 18 heavy (non-hydrogen) atoms. The lowest BCUT2D eigenvalue weighted by Crippen LogP contribution is -2.33. The number of imidazole rings is 1. The van der Waals surface area contributed by atoms with Gasteiger partial charge in [0.15, 0.2) is 0 Å². The average Bonchev–Trinajstić information content (AvgIpc) is 2.61. The molecule has 0 spiro atoms. The van der Waals surface area contributed by atoms with Gasteiger partial charge in [0.25, 0.3) is 0 Å². The molecule has 0 fully saturated rings. The molecular formula is C14H28N4. The minimum Gasteiger partial charge on any atom is -0.333 e. The molecule has 0 aliphatic rings. The van der Waals surface area contributed by atoms with Crippen LogP contribution in [0.4, 0.5) is 0 Å². The Morgan fingerprint density at radius 2 is 2.00 bits per heavy atom. The Morgan fingerprint density at radius 3 is 2.50 bits per heavy atom. The average molecular weight is 252 g/mol. The van der Waals surface area contributed by atoms with Crippen molar-refractivity contribution in [3.8, 4) is 0 Å². The lowest BCUT2D eigenvalue weighted by atomic mass is 9.92. The number of nitrogens with two attached hydrogens (primary N) is 1. The van der Waals surface area contributed by atoms with Crippen LogP contribution < -0.4 is 5.73 Å².